The number of amides is 4. The largest absolute Gasteiger partial charge is 0.497 e. The Bertz CT molecular complexity index is 1810. The zero-order chi connectivity index (χ0) is 36.5. The van der Waals surface area contributed by atoms with E-state index in [-0.39, 0.29) is 30.0 Å². The van der Waals surface area contributed by atoms with Gasteiger partial charge in [-0.05, 0) is 86.2 Å². The number of aliphatic hydroxyl groups excluding tert-OH is 1. The van der Waals surface area contributed by atoms with Crippen LogP contribution in [-0.4, -0.2) is 75.4 Å². The molecule has 2 heterocycles. The first-order chi connectivity index (χ1) is 24.7. The van der Waals surface area contributed by atoms with Gasteiger partial charge in [0.25, 0.3) is 11.8 Å². The number of benzene rings is 3. The van der Waals surface area contributed by atoms with Crippen LogP contribution in [-0.2, 0) is 13.0 Å². The predicted molar refractivity (Wildman–Crippen MR) is 198 cm³/mol. The molecule has 3 N–H and O–H groups in total. The van der Waals surface area contributed by atoms with E-state index in [0.29, 0.717) is 48.8 Å². The highest BCUT2D eigenvalue weighted by atomic mass is 16.5. The maximum absolute atomic E-state index is 14.6. The number of nitrogens with one attached hydrogen (secondary N) is 2. The fraction of sp³-hybridized carbons (Fsp3) is 0.400. The fourth-order valence-electron chi connectivity index (χ4n) is 6.45. The van der Waals surface area contributed by atoms with E-state index in [1.54, 1.807) is 41.0 Å². The molecule has 0 aliphatic carbocycles. The van der Waals surface area contributed by atoms with Crippen LogP contribution in [0.15, 0.2) is 72.8 Å². The molecule has 270 valence electrons. The average Bonchev–Trinajstić information content (AvgIpc) is 3.54. The van der Waals surface area contributed by atoms with Gasteiger partial charge in [-0.1, -0.05) is 63.1 Å². The van der Waals surface area contributed by atoms with Gasteiger partial charge in [0.1, 0.15) is 5.75 Å². The Kier molecular flexibility index (Phi) is 12.5. The molecule has 51 heavy (non-hydrogen) atoms. The van der Waals surface area contributed by atoms with Crippen molar-refractivity contribution < 1.29 is 24.2 Å². The fourth-order valence-corrected chi connectivity index (χ4v) is 6.45. The van der Waals surface area contributed by atoms with Crippen molar-refractivity contribution in [1.82, 2.24) is 24.9 Å². The molecule has 0 radical (unpaired) electrons. The van der Waals surface area contributed by atoms with Crippen molar-refractivity contribution in [2.45, 2.75) is 78.4 Å². The number of nitrogens with zero attached hydrogens (tertiary/aromatic N) is 4. The van der Waals surface area contributed by atoms with Crippen LogP contribution in [0, 0.1) is 6.92 Å². The number of urea groups is 1. The molecule has 0 saturated heterocycles. The van der Waals surface area contributed by atoms with Crippen LogP contribution in [0.4, 0.5) is 10.5 Å². The molecule has 4 amide bonds. The molecule has 2 atom stereocenters. The van der Waals surface area contributed by atoms with Crippen LogP contribution < -0.4 is 15.4 Å². The predicted octanol–water partition coefficient (Wildman–Crippen LogP) is 6.67. The number of methoxy groups -OCH3 is 1. The number of carbonyl (C=O) groups excluding carboxylic acids is 3. The van der Waals surface area contributed by atoms with Crippen LogP contribution >= 0.6 is 0 Å². The summed E-state index contributed by atoms with van der Waals surface area (Å²) in [5.41, 5.74) is 5.18. The summed E-state index contributed by atoms with van der Waals surface area (Å²) in [4.78, 5) is 45.0. The number of anilines is 1. The Morgan fingerprint density at radius 1 is 0.980 bits per heavy atom. The van der Waals surface area contributed by atoms with Gasteiger partial charge in [-0.15, -0.1) is 0 Å². The first kappa shape index (κ1) is 37.1. The lowest BCUT2D eigenvalue weighted by Crippen LogP contribution is -2.46. The Morgan fingerprint density at radius 3 is 2.31 bits per heavy atom. The van der Waals surface area contributed by atoms with Crippen molar-refractivity contribution in [3.8, 4) is 11.4 Å². The second kappa shape index (κ2) is 17.2. The molecule has 11 heteroatoms. The van der Waals surface area contributed by atoms with Crippen LogP contribution in [0.1, 0.15) is 95.7 Å². The van der Waals surface area contributed by atoms with Gasteiger partial charge in [0.15, 0.2) is 5.69 Å². The Labute approximate surface area is 300 Å². The van der Waals surface area contributed by atoms with Crippen molar-refractivity contribution in [2.24, 2.45) is 0 Å². The lowest BCUT2D eigenvalue weighted by Gasteiger charge is -2.36. The molecule has 1 aliphatic rings. The maximum Gasteiger partial charge on any atom is 0.319 e. The van der Waals surface area contributed by atoms with E-state index in [9.17, 15) is 19.5 Å². The molecule has 1 aliphatic heterocycles. The zero-order valence-electron chi connectivity index (χ0n) is 30.3. The van der Waals surface area contributed by atoms with E-state index in [1.807, 2.05) is 67.3 Å². The smallest absolute Gasteiger partial charge is 0.319 e. The van der Waals surface area contributed by atoms with Gasteiger partial charge in [-0.25, -0.2) is 9.48 Å². The van der Waals surface area contributed by atoms with Gasteiger partial charge in [0.2, 0.25) is 0 Å². The van der Waals surface area contributed by atoms with Gasteiger partial charge in [0.05, 0.1) is 37.1 Å². The van der Waals surface area contributed by atoms with Crippen LogP contribution in [0.3, 0.4) is 0 Å². The third-order valence-corrected chi connectivity index (χ3v) is 9.46. The minimum atomic E-state index is -0.438. The van der Waals surface area contributed by atoms with Gasteiger partial charge >= 0.3 is 6.03 Å². The summed E-state index contributed by atoms with van der Waals surface area (Å²) in [5.74, 6) is 0.271. The monoisotopic (exact) mass is 694 g/mol. The van der Waals surface area contributed by atoms with E-state index in [0.717, 1.165) is 48.1 Å². The molecule has 5 rings (SSSR count). The van der Waals surface area contributed by atoms with Crippen molar-refractivity contribution in [3.05, 3.63) is 106 Å². The highest BCUT2D eigenvalue weighted by Crippen LogP contribution is 2.29. The van der Waals surface area contributed by atoms with Crippen molar-refractivity contribution in [3.63, 3.8) is 0 Å². The SMILES string of the molecule is CCCCN(CCCC)C(=O)c1cc(C)n(-c2ccc(NC(=O)NC(C)c3ccc(OC)cc3)cc2C(=O)N2Cc3ccccc3CC2CO)n1. The number of ether oxygens (including phenoxy) is 1. The summed E-state index contributed by atoms with van der Waals surface area (Å²) in [5, 5.41) is 21.0. The summed E-state index contributed by atoms with van der Waals surface area (Å²) >= 11 is 0. The quantitative estimate of drug-likeness (QED) is 0.135. The van der Waals surface area contributed by atoms with E-state index in [2.05, 4.69) is 24.5 Å². The van der Waals surface area contributed by atoms with E-state index in [4.69, 9.17) is 9.84 Å². The Balaban J connectivity index is 1.48. The number of carbonyl (C=O) groups is 3. The number of hydrogen-bond acceptors (Lipinski definition) is 6. The molecule has 0 fully saturated rings. The third-order valence-electron chi connectivity index (χ3n) is 9.46. The number of aromatic nitrogens is 2. The number of aryl methyl sites for hydroxylation is 1. The summed E-state index contributed by atoms with van der Waals surface area (Å²) in [7, 11) is 1.60. The highest BCUT2D eigenvalue weighted by molar-refractivity contribution is 6.00. The molecule has 4 aromatic rings. The van der Waals surface area contributed by atoms with Crippen LogP contribution in [0.2, 0.25) is 0 Å². The maximum atomic E-state index is 14.6. The number of unbranched alkanes of at least 4 members (excludes halogenated alkanes) is 2. The first-order valence-electron chi connectivity index (χ1n) is 17.9. The topological polar surface area (TPSA) is 129 Å². The molecule has 3 aromatic carbocycles. The lowest BCUT2D eigenvalue weighted by atomic mass is 9.93. The Hall–Kier alpha value is -5.16. The van der Waals surface area contributed by atoms with Crippen molar-refractivity contribution >= 4 is 23.5 Å². The Morgan fingerprint density at radius 2 is 1.67 bits per heavy atom. The number of aliphatic hydroxyl groups is 1. The summed E-state index contributed by atoms with van der Waals surface area (Å²) in [6, 6.07) is 21.1. The molecule has 0 saturated carbocycles. The standard InChI is InChI=1S/C40H50N6O5/c1-6-8-20-44(21-9-7-2)39(49)36-22-27(3)46(43-36)37-19-16-32(42-40(50)41-28(4)29-14-17-34(51-5)18-15-29)24-35(37)38(48)45-25-31-13-11-10-12-30(31)23-33(45)26-47/h10-19,22,24,28,33,47H,6-9,20-21,23,25-26H2,1-5H3,(H2,41,42,50). The summed E-state index contributed by atoms with van der Waals surface area (Å²) in [6.45, 7) is 9.37. The van der Waals surface area contributed by atoms with Gasteiger partial charge in [-0.3, -0.25) is 9.59 Å². The molecular weight excluding hydrogens is 644 g/mol. The molecule has 2 unspecified atom stereocenters. The second-order valence-corrected chi connectivity index (χ2v) is 13.1. The van der Waals surface area contributed by atoms with Gasteiger partial charge < -0.3 is 30.3 Å². The van der Waals surface area contributed by atoms with E-state index in [1.165, 1.54) is 0 Å². The first-order valence-corrected chi connectivity index (χ1v) is 17.9. The zero-order valence-corrected chi connectivity index (χ0v) is 30.3. The lowest BCUT2D eigenvalue weighted by molar-refractivity contribution is 0.0544. The van der Waals surface area contributed by atoms with Crippen LogP contribution in [0.25, 0.3) is 5.69 Å². The van der Waals surface area contributed by atoms with Gasteiger partial charge in [0, 0.05) is 31.0 Å². The molecular formula is C40H50N6O5. The molecule has 1 aromatic heterocycles. The summed E-state index contributed by atoms with van der Waals surface area (Å²) in [6.07, 6.45) is 4.27. The van der Waals surface area contributed by atoms with Crippen molar-refractivity contribution in [1.29, 1.82) is 0 Å². The average molecular weight is 695 g/mol. The van der Waals surface area contributed by atoms with Gasteiger partial charge in [-0.2, -0.15) is 5.10 Å². The van der Waals surface area contributed by atoms with E-state index < -0.39 is 12.1 Å². The molecule has 11 nitrogen and oxygen atoms in total. The minimum Gasteiger partial charge on any atom is -0.497 e. The second-order valence-electron chi connectivity index (χ2n) is 13.1. The van der Waals surface area contributed by atoms with Crippen molar-refractivity contribution in [2.75, 3.05) is 32.1 Å². The van der Waals surface area contributed by atoms with E-state index >= 15 is 0 Å². The summed E-state index contributed by atoms with van der Waals surface area (Å²) < 4.78 is 6.87. The minimum absolute atomic E-state index is 0.138. The number of fused-ring (bicyclic) bond motifs is 1. The third kappa shape index (κ3) is 8.78. The van der Waals surface area contributed by atoms with Crippen LogP contribution in [0.5, 0.6) is 5.75 Å². The number of rotatable bonds is 14. The highest BCUT2D eigenvalue weighted by Gasteiger charge is 2.32. The normalized spacial score (nSPS) is 14.4. The molecule has 0 bridgehead atoms. The molecule has 0 spiro atoms. The number of hydrogen-bond donors (Lipinski definition) is 3.